The van der Waals surface area contributed by atoms with Crippen LogP contribution in [0.4, 0.5) is 0 Å². The van der Waals surface area contributed by atoms with Crippen molar-refractivity contribution in [2.45, 2.75) is 52.6 Å². The Morgan fingerprint density at radius 1 is 1.12 bits per heavy atom. The zero-order valence-electron chi connectivity index (χ0n) is 19.2. The van der Waals surface area contributed by atoms with E-state index >= 15 is 0 Å². The maximum Gasteiger partial charge on any atom is 0.227 e. The van der Waals surface area contributed by atoms with E-state index in [4.69, 9.17) is 14.6 Å². The molecule has 0 spiro atoms. The molecule has 6 heteroatoms. The molecule has 0 aliphatic heterocycles. The van der Waals surface area contributed by atoms with Gasteiger partial charge in [0, 0.05) is 18.0 Å². The number of hydrogen-bond acceptors (Lipinski definition) is 4. The number of carbonyl (C=O) groups is 1. The molecule has 0 bridgehead atoms. The second-order valence-electron chi connectivity index (χ2n) is 8.59. The van der Waals surface area contributed by atoms with E-state index in [0.717, 1.165) is 42.0 Å². The number of aromatic nitrogens is 2. The molecule has 0 atom stereocenters. The smallest absolute Gasteiger partial charge is 0.227 e. The number of aryl methyl sites for hydroxylation is 1. The van der Waals surface area contributed by atoms with Crippen molar-refractivity contribution in [2.24, 2.45) is 5.92 Å². The third kappa shape index (κ3) is 4.49. The van der Waals surface area contributed by atoms with Crippen molar-refractivity contribution in [1.82, 2.24) is 14.7 Å². The maximum absolute atomic E-state index is 13.2. The van der Waals surface area contributed by atoms with Gasteiger partial charge in [-0.1, -0.05) is 30.7 Å². The number of hydrogen-bond donors (Lipinski definition) is 0. The molecule has 4 rings (SSSR count). The summed E-state index contributed by atoms with van der Waals surface area (Å²) in [4.78, 5) is 15.1. The lowest BCUT2D eigenvalue weighted by Gasteiger charge is -2.34. The summed E-state index contributed by atoms with van der Waals surface area (Å²) in [5, 5.41) is 4.79. The van der Waals surface area contributed by atoms with Crippen molar-refractivity contribution >= 4 is 5.91 Å². The van der Waals surface area contributed by atoms with Crippen LogP contribution < -0.4 is 9.47 Å². The summed E-state index contributed by atoms with van der Waals surface area (Å²) in [6, 6.07) is 17.5. The van der Waals surface area contributed by atoms with E-state index in [1.54, 1.807) is 7.11 Å². The fourth-order valence-corrected chi connectivity index (χ4v) is 3.92. The molecular weight excluding hydrogens is 402 g/mol. The normalized spacial score (nSPS) is 13.7. The average molecular weight is 434 g/mol. The van der Waals surface area contributed by atoms with E-state index in [2.05, 4.69) is 13.8 Å². The maximum atomic E-state index is 13.2. The molecule has 0 N–H and O–H groups in total. The monoisotopic (exact) mass is 433 g/mol. The van der Waals surface area contributed by atoms with E-state index in [-0.39, 0.29) is 17.9 Å². The molecule has 168 valence electrons. The third-order valence-electron chi connectivity index (χ3n) is 6.08. The SMILES string of the molecule is COc1cccc(Oc2c(CN(C(=O)C3CCC3)C(C)C)c(C)nn2-c2ccccc2)c1. The molecule has 1 heterocycles. The van der Waals surface area contributed by atoms with Crippen LogP contribution in [0.15, 0.2) is 54.6 Å². The van der Waals surface area contributed by atoms with Gasteiger partial charge in [-0.2, -0.15) is 5.10 Å². The summed E-state index contributed by atoms with van der Waals surface area (Å²) in [6.07, 6.45) is 3.10. The first-order valence-electron chi connectivity index (χ1n) is 11.2. The Bertz CT molecular complexity index is 1070. The van der Waals surface area contributed by atoms with Crippen LogP contribution >= 0.6 is 0 Å². The van der Waals surface area contributed by atoms with Crippen LogP contribution in [0.1, 0.15) is 44.4 Å². The van der Waals surface area contributed by atoms with E-state index in [1.807, 2.05) is 71.1 Å². The summed E-state index contributed by atoms with van der Waals surface area (Å²) in [5.74, 6) is 2.36. The van der Waals surface area contributed by atoms with Crippen molar-refractivity contribution < 1.29 is 14.3 Å². The van der Waals surface area contributed by atoms with Crippen molar-refractivity contribution in [3.8, 4) is 23.1 Å². The highest BCUT2D eigenvalue weighted by Gasteiger charge is 2.32. The van der Waals surface area contributed by atoms with Gasteiger partial charge < -0.3 is 14.4 Å². The number of carbonyl (C=O) groups excluding carboxylic acids is 1. The van der Waals surface area contributed by atoms with E-state index in [9.17, 15) is 4.79 Å². The van der Waals surface area contributed by atoms with Crippen LogP contribution in [0.5, 0.6) is 17.4 Å². The summed E-state index contributed by atoms with van der Waals surface area (Å²) in [6.45, 7) is 6.57. The zero-order valence-corrected chi connectivity index (χ0v) is 19.2. The predicted molar refractivity (Wildman–Crippen MR) is 124 cm³/mol. The Hall–Kier alpha value is -3.28. The molecule has 1 fully saturated rings. The lowest BCUT2D eigenvalue weighted by atomic mass is 9.84. The van der Waals surface area contributed by atoms with E-state index < -0.39 is 0 Å². The number of benzene rings is 2. The predicted octanol–water partition coefficient (Wildman–Crippen LogP) is 5.52. The van der Waals surface area contributed by atoms with E-state index in [0.29, 0.717) is 18.2 Å². The molecule has 1 saturated carbocycles. The van der Waals surface area contributed by atoms with Crippen molar-refractivity contribution in [3.63, 3.8) is 0 Å². The van der Waals surface area contributed by atoms with Crippen LogP contribution in [-0.2, 0) is 11.3 Å². The number of methoxy groups -OCH3 is 1. The number of amides is 1. The van der Waals surface area contributed by atoms with Gasteiger partial charge in [-0.05, 0) is 57.9 Å². The van der Waals surface area contributed by atoms with Crippen molar-refractivity contribution in [3.05, 3.63) is 65.9 Å². The number of para-hydroxylation sites is 1. The van der Waals surface area contributed by atoms with Gasteiger partial charge in [0.15, 0.2) is 0 Å². The first kappa shape index (κ1) is 21.9. The molecule has 6 nitrogen and oxygen atoms in total. The highest BCUT2D eigenvalue weighted by Crippen LogP contribution is 2.35. The Morgan fingerprint density at radius 3 is 2.47 bits per heavy atom. The standard InChI is InChI=1S/C26H31N3O3/c1-18(2)28(25(30)20-10-8-11-20)17-24-19(3)27-29(21-12-6-5-7-13-21)26(24)32-23-15-9-14-22(16-23)31-4/h5-7,9,12-16,18,20H,8,10-11,17H2,1-4H3. The largest absolute Gasteiger partial charge is 0.497 e. The minimum Gasteiger partial charge on any atom is -0.497 e. The molecule has 2 aromatic carbocycles. The molecule has 3 aromatic rings. The van der Waals surface area contributed by atoms with Crippen LogP contribution in [0.3, 0.4) is 0 Å². The minimum absolute atomic E-state index is 0.0900. The van der Waals surface area contributed by atoms with Crippen molar-refractivity contribution in [2.75, 3.05) is 7.11 Å². The zero-order chi connectivity index (χ0) is 22.7. The van der Waals surface area contributed by atoms with E-state index in [1.165, 1.54) is 0 Å². The molecule has 32 heavy (non-hydrogen) atoms. The minimum atomic E-state index is 0.0900. The van der Waals surface area contributed by atoms with Gasteiger partial charge in [0.05, 0.1) is 30.6 Å². The van der Waals surface area contributed by atoms with Gasteiger partial charge in [0.2, 0.25) is 11.8 Å². The fourth-order valence-electron chi connectivity index (χ4n) is 3.92. The fraction of sp³-hybridized carbons (Fsp3) is 0.385. The third-order valence-corrected chi connectivity index (χ3v) is 6.08. The molecule has 1 aromatic heterocycles. The topological polar surface area (TPSA) is 56.6 Å². The van der Waals surface area contributed by atoms with Gasteiger partial charge in [0.25, 0.3) is 0 Å². The molecular formula is C26H31N3O3. The summed E-state index contributed by atoms with van der Waals surface area (Å²) in [5.41, 5.74) is 2.66. The van der Waals surface area contributed by atoms with Crippen LogP contribution in [0.25, 0.3) is 5.69 Å². The summed E-state index contributed by atoms with van der Waals surface area (Å²) < 4.78 is 13.6. The second-order valence-corrected chi connectivity index (χ2v) is 8.59. The van der Waals surface area contributed by atoms with Gasteiger partial charge in [-0.15, -0.1) is 0 Å². The molecule has 0 unspecified atom stereocenters. The Labute approximate surface area is 189 Å². The number of rotatable bonds is 8. The molecule has 1 amide bonds. The lowest BCUT2D eigenvalue weighted by molar-refractivity contribution is -0.140. The lowest BCUT2D eigenvalue weighted by Crippen LogP contribution is -2.42. The van der Waals surface area contributed by atoms with Gasteiger partial charge in [-0.3, -0.25) is 4.79 Å². The Kier molecular flexibility index (Phi) is 6.49. The number of nitrogens with zero attached hydrogens (tertiary/aromatic N) is 3. The highest BCUT2D eigenvalue weighted by molar-refractivity contribution is 5.80. The highest BCUT2D eigenvalue weighted by atomic mass is 16.5. The van der Waals surface area contributed by atoms with Gasteiger partial charge in [-0.25, -0.2) is 4.68 Å². The Morgan fingerprint density at radius 2 is 1.84 bits per heavy atom. The molecule has 0 radical (unpaired) electrons. The van der Waals surface area contributed by atoms with Crippen LogP contribution in [-0.4, -0.2) is 33.7 Å². The summed E-state index contributed by atoms with van der Waals surface area (Å²) in [7, 11) is 1.63. The number of ether oxygens (including phenoxy) is 2. The summed E-state index contributed by atoms with van der Waals surface area (Å²) >= 11 is 0. The molecule has 1 aliphatic carbocycles. The Balaban J connectivity index is 1.75. The first-order valence-corrected chi connectivity index (χ1v) is 11.2. The van der Waals surface area contributed by atoms with Crippen LogP contribution in [0.2, 0.25) is 0 Å². The van der Waals surface area contributed by atoms with Gasteiger partial charge >= 0.3 is 0 Å². The van der Waals surface area contributed by atoms with Crippen LogP contribution in [0, 0.1) is 12.8 Å². The second kappa shape index (κ2) is 9.47. The molecule has 0 saturated heterocycles. The molecule has 1 aliphatic rings. The van der Waals surface area contributed by atoms with Gasteiger partial charge in [0.1, 0.15) is 11.5 Å². The average Bonchev–Trinajstić information content (AvgIpc) is 3.06. The quantitative estimate of drug-likeness (QED) is 0.469. The first-order chi connectivity index (χ1) is 15.5. The van der Waals surface area contributed by atoms with Crippen molar-refractivity contribution in [1.29, 1.82) is 0 Å².